The molecule has 0 radical (unpaired) electrons. The van der Waals surface area contributed by atoms with Crippen LogP contribution in [0.25, 0.3) is 11.3 Å². The first-order valence-electron chi connectivity index (χ1n) is 5.36. The molecule has 1 aromatic carbocycles. The van der Waals surface area contributed by atoms with Crippen molar-refractivity contribution in [1.82, 2.24) is 9.55 Å². The second kappa shape index (κ2) is 4.48. The molecule has 1 aromatic heterocycles. The van der Waals surface area contributed by atoms with Crippen LogP contribution in [0, 0.1) is 17.0 Å². The van der Waals surface area contributed by atoms with Crippen LogP contribution in [0.2, 0.25) is 0 Å². The first-order chi connectivity index (χ1) is 8.54. The van der Waals surface area contributed by atoms with Crippen LogP contribution in [-0.4, -0.2) is 21.6 Å². The van der Waals surface area contributed by atoms with Gasteiger partial charge in [-0.05, 0) is 29.2 Å². The third kappa shape index (κ3) is 1.92. The van der Waals surface area contributed by atoms with E-state index >= 15 is 0 Å². The van der Waals surface area contributed by atoms with Gasteiger partial charge >= 0.3 is 5.82 Å². The summed E-state index contributed by atoms with van der Waals surface area (Å²) in [6.07, 6.45) is 0. The zero-order valence-electron chi connectivity index (χ0n) is 10.4. The summed E-state index contributed by atoms with van der Waals surface area (Å²) in [5.74, 6) is 1.30. The molecule has 0 unspecified atom stereocenters. The van der Waals surface area contributed by atoms with Crippen molar-refractivity contribution < 1.29 is 9.66 Å². The average molecular weight is 247 g/mol. The minimum Gasteiger partial charge on any atom is -0.497 e. The Morgan fingerprint density at radius 3 is 2.44 bits per heavy atom. The molecule has 0 saturated carbocycles. The third-order valence-corrected chi connectivity index (χ3v) is 2.82. The van der Waals surface area contributed by atoms with Gasteiger partial charge in [0.15, 0.2) is 11.5 Å². The van der Waals surface area contributed by atoms with Gasteiger partial charge in [-0.3, -0.25) is 0 Å². The van der Waals surface area contributed by atoms with Crippen LogP contribution in [0.5, 0.6) is 5.75 Å². The topological polar surface area (TPSA) is 70.2 Å². The number of methoxy groups -OCH3 is 1. The number of nitrogens with zero attached hydrogens (tertiary/aromatic N) is 3. The first kappa shape index (κ1) is 12.1. The Hall–Kier alpha value is -2.37. The van der Waals surface area contributed by atoms with Gasteiger partial charge in [-0.25, -0.2) is 9.55 Å². The van der Waals surface area contributed by atoms with E-state index in [1.54, 1.807) is 45.3 Å². The van der Waals surface area contributed by atoms with Gasteiger partial charge < -0.3 is 14.9 Å². The fourth-order valence-electron chi connectivity index (χ4n) is 1.75. The maximum atomic E-state index is 11.1. The molecule has 0 aliphatic heterocycles. The van der Waals surface area contributed by atoms with E-state index in [9.17, 15) is 10.1 Å². The van der Waals surface area contributed by atoms with E-state index in [0.29, 0.717) is 22.8 Å². The molecular formula is C12H13N3O3. The highest BCUT2D eigenvalue weighted by Gasteiger charge is 2.23. The Labute approximate surface area is 104 Å². The van der Waals surface area contributed by atoms with E-state index in [4.69, 9.17) is 4.74 Å². The van der Waals surface area contributed by atoms with Crippen LogP contribution in [0.3, 0.4) is 0 Å². The predicted molar refractivity (Wildman–Crippen MR) is 66.6 cm³/mol. The zero-order chi connectivity index (χ0) is 13.3. The number of hydrogen-bond donors (Lipinski definition) is 0. The van der Waals surface area contributed by atoms with Gasteiger partial charge in [-0.1, -0.05) is 0 Å². The fourth-order valence-corrected chi connectivity index (χ4v) is 1.75. The summed E-state index contributed by atoms with van der Waals surface area (Å²) in [5.41, 5.74) is 1.08. The number of ether oxygens (including phenoxy) is 1. The lowest BCUT2D eigenvalue weighted by Gasteiger charge is -2.01. The van der Waals surface area contributed by atoms with E-state index in [1.165, 1.54) is 4.57 Å². The van der Waals surface area contributed by atoms with E-state index in [0.717, 1.165) is 0 Å². The molecule has 0 saturated heterocycles. The van der Waals surface area contributed by atoms with Crippen molar-refractivity contribution in [3.05, 3.63) is 40.2 Å². The van der Waals surface area contributed by atoms with E-state index in [1.807, 2.05) is 0 Å². The summed E-state index contributed by atoms with van der Waals surface area (Å²) in [4.78, 5) is 14.9. The van der Waals surface area contributed by atoms with Crippen LogP contribution in [0.1, 0.15) is 5.82 Å². The SMILES string of the molecule is COc1ccc(-c2nc(C)n(C)c2[N+](=O)[O-])cc1. The summed E-state index contributed by atoms with van der Waals surface area (Å²) in [6.45, 7) is 1.74. The fraction of sp³-hybridized carbons (Fsp3) is 0.250. The molecule has 0 aliphatic carbocycles. The molecule has 0 bridgehead atoms. The maximum absolute atomic E-state index is 11.1. The quantitative estimate of drug-likeness (QED) is 0.616. The maximum Gasteiger partial charge on any atom is 0.350 e. The highest BCUT2D eigenvalue weighted by molar-refractivity contribution is 5.68. The van der Waals surface area contributed by atoms with Crippen LogP contribution < -0.4 is 4.74 Å². The van der Waals surface area contributed by atoms with Crippen molar-refractivity contribution in [3.63, 3.8) is 0 Å². The zero-order valence-corrected chi connectivity index (χ0v) is 10.4. The van der Waals surface area contributed by atoms with Crippen molar-refractivity contribution in [3.8, 4) is 17.0 Å². The van der Waals surface area contributed by atoms with Crippen molar-refractivity contribution in [2.45, 2.75) is 6.92 Å². The predicted octanol–water partition coefficient (Wildman–Crippen LogP) is 2.31. The second-order valence-electron chi connectivity index (χ2n) is 3.88. The number of nitro groups is 1. The van der Waals surface area contributed by atoms with Crippen molar-refractivity contribution in [2.75, 3.05) is 7.11 Å². The number of imidazole rings is 1. The largest absolute Gasteiger partial charge is 0.497 e. The smallest absolute Gasteiger partial charge is 0.350 e. The van der Waals surface area contributed by atoms with Gasteiger partial charge in [0.25, 0.3) is 0 Å². The van der Waals surface area contributed by atoms with E-state index < -0.39 is 4.92 Å². The molecule has 0 fully saturated rings. The number of hydrogen-bond acceptors (Lipinski definition) is 4. The standard InChI is InChI=1S/C12H13N3O3/c1-8-13-11(12(14(8)2)15(16)17)9-4-6-10(18-3)7-5-9/h4-7H,1-3H3. The van der Waals surface area contributed by atoms with Crippen LogP contribution >= 0.6 is 0 Å². The molecule has 2 rings (SSSR count). The Bertz CT molecular complexity index is 587. The Balaban J connectivity index is 2.56. The van der Waals surface area contributed by atoms with Crippen molar-refractivity contribution >= 4 is 5.82 Å². The molecule has 94 valence electrons. The number of aromatic nitrogens is 2. The van der Waals surface area contributed by atoms with Crippen molar-refractivity contribution in [1.29, 1.82) is 0 Å². The van der Waals surface area contributed by atoms with Gasteiger partial charge in [0.2, 0.25) is 0 Å². The second-order valence-corrected chi connectivity index (χ2v) is 3.88. The van der Waals surface area contributed by atoms with Crippen LogP contribution in [-0.2, 0) is 7.05 Å². The molecule has 1 heterocycles. The van der Waals surface area contributed by atoms with Crippen molar-refractivity contribution in [2.24, 2.45) is 7.05 Å². The minimum absolute atomic E-state index is 0.00216. The number of aryl methyl sites for hydroxylation is 1. The van der Waals surface area contributed by atoms with Gasteiger partial charge in [0, 0.05) is 12.5 Å². The number of rotatable bonds is 3. The summed E-state index contributed by atoms with van der Waals surface area (Å²) < 4.78 is 6.52. The van der Waals surface area contributed by atoms with Gasteiger partial charge in [-0.2, -0.15) is 0 Å². The highest BCUT2D eigenvalue weighted by Crippen LogP contribution is 2.30. The molecule has 0 spiro atoms. The Kier molecular flexibility index (Phi) is 3.01. The molecule has 2 aromatic rings. The average Bonchev–Trinajstić information content (AvgIpc) is 2.66. The molecule has 0 amide bonds. The van der Waals surface area contributed by atoms with E-state index in [-0.39, 0.29) is 5.82 Å². The molecular weight excluding hydrogens is 234 g/mol. The van der Waals surface area contributed by atoms with Gasteiger partial charge in [0.1, 0.15) is 5.75 Å². The lowest BCUT2D eigenvalue weighted by molar-refractivity contribution is -0.391. The van der Waals surface area contributed by atoms with Gasteiger partial charge in [-0.15, -0.1) is 0 Å². The highest BCUT2D eigenvalue weighted by atomic mass is 16.6. The first-order valence-corrected chi connectivity index (χ1v) is 5.36. The molecule has 6 nitrogen and oxygen atoms in total. The molecule has 0 N–H and O–H groups in total. The molecule has 0 atom stereocenters. The monoisotopic (exact) mass is 247 g/mol. The minimum atomic E-state index is -0.417. The summed E-state index contributed by atoms with van der Waals surface area (Å²) in [6, 6.07) is 7.02. The van der Waals surface area contributed by atoms with Crippen LogP contribution in [0.4, 0.5) is 5.82 Å². The summed E-state index contributed by atoms with van der Waals surface area (Å²) in [5, 5.41) is 11.1. The molecule has 6 heteroatoms. The Morgan fingerprint density at radius 1 is 1.33 bits per heavy atom. The van der Waals surface area contributed by atoms with Gasteiger partial charge in [0.05, 0.1) is 14.2 Å². The van der Waals surface area contributed by atoms with Crippen LogP contribution in [0.15, 0.2) is 24.3 Å². The lowest BCUT2D eigenvalue weighted by Crippen LogP contribution is -1.99. The molecule has 18 heavy (non-hydrogen) atoms. The lowest BCUT2D eigenvalue weighted by atomic mass is 10.1. The van der Waals surface area contributed by atoms with E-state index in [2.05, 4.69) is 4.98 Å². The normalized spacial score (nSPS) is 10.4. The molecule has 0 aliphatic rings. The summed E-state index contributed by atoms with van der Waals surface area (Å²) >= 11 is 0. The number of benzene rings is 1. The Morgan fingerprint density at radius 2 is 1.94 bits per heavy atom. The third-order valence-electron chi connectivity index (χ3n) is 2.82. The summed E-state index contributed by atoms with van der Waals surface area (Å²) in [7, 11) is 3.20.